The topological polar surface area (TPSA) is 98.0 Å². The Labute approximate surface area is 120 Å². The van der Waals surface area contributed by atoms with Gasteiger partial charge in [-0.1, -0.05) is 23.2 Å². The van der Waals surface area contributed by atoms with Gasteiger partial charge < -0.3 is 5.32 Å². The van der Waals surface area contributed by atoms with E-state index in [0.29, 0.717) is 26.9 Å². The van der Waals surface area contributed by atoms with Gasteiger partial charge in [-0.3, -0.25) is 4.98 Å². The zero-order valence-electron chi connectivity index (χ0n) is 9.60. The number of benzene rings is 1. The molecule has 3 N–H and O–H groups in total. The number of nitrogens with one attached hydrogen (secondary N) is 1. The fourth-order valence-corrected chi connectivity index (χ4v) is 2.12. The molecule has 0 bridgehead atoms. The van der Waals surface area contributed by atoms with Gasteiger partial charge in [0.15, 0.2) is 0 Å². The average Bonchev–Trinajstić information content (AvgIpc) is 2.29. The molecule has 0 amide bonds. The van der Waals surface area contributed by atoms with Crippen LogP contribution in [-0.4, -0.2) is 30.7 Å². The van der Waals surface area contributed by atoms with Crippen LogP contribution in [0.15, 0.2) is 18.3 Å². The Hall–Kier alpha value is -1.15. The first-order chi connectivity index (χ1) is 8.85. The van der Waals surface area contributed by atoms with E-state index in [-0.39, 0.29) is 12.3 Å². The van der Waals surface area contributed by atoms with Gasteiger partial charge in [0.25, 0.3) is 0 Å². The van der Waals surface area contributed by atoms with Crippen LogP contribution in [0.5, 0.6) is 0 Å². The van der Waals surface area contributed by atoms with Crippen LogP contribution in [0.4, 0.5) is 5.82 Å². The van der Waals surface area contributed by atoms with Crippen LogP contribution in [0.25, 0.3) is 11.0 Å². The van der Waals surface area contributed by atoms with E-state index in [1.165, 1.54) is 6.20 Å². The van der Waals surface area contributed by atoms with E-state index >= 15 is 0 Å². The number of primary sulfonamides is 1. The van der Waals surface area contributed by atoms with E-state index in [1.54, 1.807) is 12.1 Å². The number of hydrogen-bond acceptors (Lipinski definition) is 5. The molecule has 1 aromatic carbocycles. The molecule has 0 aliphatic carbocycles. The minimum atomic E-state index is -3.50. The molecule has 0 aliphatic rings. The van der Waals surface area contributed by atoms with Crippen LogP contribution in [0, 0.1) is 0 Å². The minimum Gasteiger partial charge on any atom is -0.368 e. The highest BCUT2D eigenvalue weighted by atomic mass is 35.5. The zero-order valence-corrected chi connectivity index (χ0v) is 11.9. The van der Waals surface area contributed by atoms with Crippen molar-refractivity contribution in [3.63, 3.8) is 0 Å². The van der Waals surface area contributed by atoms with E-state index in [1.807, 2.05) is 0 Å². The van der Waals surface area contributed by atoms with Crippen LogP contribution < -0.4 is 10.5 Å². The van der Waals surface area contributed by atoms with Crippen molar-refractivity contribution in [1.82, 2.24) is 9.97 Å². The number of nitrogens with two attached hydrogens (primary N) is 1. The minimum absolute atomic E-state index is 0.153. The van der Waals surface area contributed by atoms with Crippen molar-refractivity contribution in [1.29, 1.82) is 0 Å². The third-order valence-corrected chi connectivity index (χ3v) is 3.77. The number of sulfonamides is 1. The normalized spacial score (nSPS) is 11.7. The van der Waals surface area contributed by atoms with Gasteiger partial charge in [0, 0.05) is 6.54 Å². The van der Waals surface area contributed by atoms with Gasteiger partial charge in [-0.15, -0.1) is 0 Å². The fraction of sp³-hybridized carbons (Fsp3) is 0.200. The summed E-state index contributed by atoms with van der Waals surface area (Å²) in [7, 11) is -3.50. The van der Waals surface area contributed by atoms with Gasteiger partial charge >= 0.3 is 0 Å². The monoisotopic (exact) mass is 320 g/mol. The van der Waals surface area contributed by atoms with E-state index in [4.69, 9.17) is 28.3 Å². The second kappa shape index (κ2) is 5.46. The molecule has 9 heteroatoms. The predicted molar refractivity (Wildman–Crippen MR) is 76.0 cm³/mol. The van der Waals surface area contributed by atoms with Gasteiger partial charge in [0.05, 0.1) is 33.0 Å². The van der Waals surface area contributed by atoms with Crippen molar-refractivity contribution in [3.8, 4) is 0 Å². The van der Waals surface area contributed by atoms with Crippen LogP contribution in [-0.2, 0) is 10.0 Å². The molecule has 0 unspecified atom stereocenters. The molecule has 0 saturated carbocycles. The first-order valence-electron chi connectivity index (χ1n) is 5.21. The number of aromatic nitrogens is 2. The molecule has 19 heavy (non-hydrogen) atoms. The first-order valence-corrected chi connectivity index (χ1v) is 7.68. The molecule has 2 aromatic rings. The predicted octanol–water partition coefficient (Wildman–Crippen LogP) is 1.64. The van der Waals surface area contributed by atoms with Gasteiger partial charge in [-0.25, -0.2) is 18.5 Å². The van der Waals surface area contributed by atoms with Crippen LogP contribution >= 0.6 is 23.2 Å². The standard InChI is InChI=1S/C10H10Cl2N4O2S/c11-6-3-8-9(4-7(6)12)16-10(5-15-8)14-1-2-19(13,17)18/h3-5H,1-2H2,(H,14,16)(H2,13,17,18). The van der Waals surface area contributed by atoms with Crippen molar-refractivity contribution in [2.45, 2.75) is 0 Å². The highest BCUT2D eigenvalue weighted by molar-refractivity contribution is 7.89. The van der Waals surface area contributed by atoms with Crippen molar-refractivity contribution in [3.05, 3.63) is 28.4 Å². The maximum atomic E-state index is 10.8. The number of hydrogen-bond donors (Lipinski definition) is 2. The van der Waals surface area contributed by atoms with E-state index in [2.05, 4.69) is 15.3 Å². The van der Waals surface area contributed by atoms with Crippen molar-refractivity contribution in [2.24, 2.45) is 5.14 Å². The summed E-state index contributed by atoms with van der Waals surface area (Å²) in [4.78, 5) is 8.39. The van der Waals surface area contributed by atoms with E-state index in [9.17, 15) is 8.42 Å². The molecule has 1 heterocycles. The quantitative estimate of drug-likeness (QED) is 0.892. The number of rotatable bonds is 4. The lowest BCUT2D eigenvalue weighted by atomic mass is 10.3. The Morgan fingerprint density at radius 1 is 1.21 bits per heavy atom. The van der Waals surface area contributed by atoms with Crippen LogP contribution in [0.2, 0.25) is 10.0 Å². The maximum Gasteiger partial charge on any atom is 0.210 e. The molecule has 2 rings (SSSR count). The lowest BCUT2D eigenvalue weighted by Gasteiger charge is -2.06. The SMILES string of the molecule is NS(=O)(=O)CCNc1cnc2cc(Cl)c(Cl)cc2n1. The molecular weight excluding hydrogens is 311 g/mol. The molecule has 1 aromatic heterocycles. The average molecular weight is 321 g/mol. The Balaban J connectivity index is 2.19. The Morgan fingerprint density at radius 3 is 2.47 bits per heavy atom. The summed E-state index contributed by atoms with van der Waals surface area (Å²) in [5.41, 5.74) is 1.17. The molecule has 0 saturated heterocycles. The lowest BCUT2D eigenvalue weighted by Crippen LogP contribution is -2.22. The lowest BCUT2D eigenvalue weighted by molar-refractivity contribution is 0.598. The molecule has 0 fully saturated rings. The second-order valence-corrected chi connectivity index (χ2v) is 6.35. The first kappa shape index (κ1) is 14.3. The van der Waals surface area contributed by atoms with E-state index < -0.39 is 10.0 Å². The fourth-order valence-electron chi connectivity index (χ4n) is 1.41. The zero-order chi connectivity index (χ0) is 14.0. The molecule has 102 valence electrons. The summed E-state index contributed by atoms with van der Waals surface area (Å²) in [6.45, 7) is 0.153. The van der Waals surface area contributed by atoms with Crippen LogP contribution in [0.3, 0.4) is 0 Å². The molecule has 0 atom stereocenters. The highest BCUT2D eigenvalue weighted by Crippen LogP contribution is 2.26. The van der Waals surface area contributed by atoms with Gasteiger partial charge in [0.1, 0.15) is 5.82 Å². The molecular formula is C10H10Cl2N4O2S. The summed E-state index contributed by atoms with van der Waals surface area (Å²) in [5, 5.41) is 8.49. The van der Waals surface area contributed by atoms with Crippen molar-refractivity contribution < 1.29 is 8.42 Å². The second-order valence-electron chi connectivity index (χ2n) is 3.80. The Bertz CT molecular complexity index is 721. The number of nitrogens with zero attached hydrogens (tertiary/aromatic N) is 2. The van der Waals surface area contributed by atoms with E-state index in [0.717, 1.165) is 0 Å². The molecule has 0 spiro atoms. The smallest absolute Gasteiger partial charge is 0.210 e. The molecule has 0 radical (unpaired) electrons. The van der Waals surface area contributed by atoms with Crippen molar-refractivity contribution >= 4 is 50.1 Å². The van der Waals surface area contributed by atoms with Crippen LogP contribution in [0.1, 0.15) is 0 Å². The largest absolute Gasteiger partial charge is 0.368 e. The van der Waals surface area contributed by atoms with Gasteiger partial charge in [-0.05, 0) is 12.1 Å². The summed E-state index contributed by atoms with van der Waals surface area (Å²) in [5.74, 6) is 0.253. The van der Waals surface area contributed by atoms with Gasteiger partial charge in [-0.2, -0.15) is 0 Å². The number of anilines is 1. The Kier molecular flexibility index (Phi) is 4.10. The summed E-state index contributed by atoms with van der Waals surface area (Å²) in [6, 6.07) is 3.21. The Morgan fingerprint density at radius 2 is 1.84 bits per heavy atom. The maximum absolute atomic E-state index is 10.8. The highest BCUT2D eigenvalue weighted by Gasteiger charge is 2.06. The molecule has 0 aliphatic heterocycles. The summed E-state index contributed by atoms with van der Waals surface area (Å²) >= 11 is 11.8. The molecule has 6 nitrogen and oxygen atoms in total. The van der Waals surface area contributed by atoms with Gasteiger partial charge in [0.2, 0.25) is 10.0 Å². The number of halogens is 2. The number of fused-ring (bicyclic) bond motifs is 1. The third kappa shape index (κ3) is 3.90. The van der Waals surface area contributed by atoms with Crippen molar-refractivity contribution in [2.75, 3.05) is 17.6 Å². The third-order valence-electron chi connectivity index (χ3n) is 2.28. The summed E-state index contributed by atoms with van der Waals surface area (Å²) < 4.78 is 21.6. The summed E-state index contributed by atoms with van der Waals surface area (Å²) in [6.07, 6.45) is 1.48.